The largest absolute Gasteiger partial charge is 0.507 e. The molecule has 0 fully saturated rings. The average Bonchev–Trinajstić information content (AvgIpc) is 2.42. The molecule has 6 nitrogen and oxygen atoms in total. The number of phenols is 2. The molecule has 1 aliphatic rings. The molecule has 0 radical (unpaired) electrons. The fourth-order valence-corrected chi connectivity index (χ4v) is 2.68. The number of hydrogen-bond donors (Lipinski definition) is 2. The van der Waals surface area contributed by atoms with E-state index in [1.165, 1.54) is 21.0 Å². The number of phenolic OH excluding ortho intramolecular Hbond substituents is 2. The number of ether oxygens (including phenoxy) is 1. The van der Waals surface area contributed by atoms with Gasteiger partial charge in [-0.1, -0.05) is 6.92 Å². The maximum atomic E-state index is 12.5. The molecule has 112 valence electrons. The van der Waals surface area contributed by atoms with Gasteiger partial charge < -0.3 is 19.7 Å². The van der Waals surface area contributed by atoms with Gasteiger partial charge in [-0.05, 0) is 6.92 Å². The summed E-state index contributed by atoms with van der Waals surface area (Å²) in [5, 5.41) is 20.0. The third-order valence-electron chi connectivity index (χ3n) is 3.82. The summed E-state index contributed by atoms with van der Waals surface area (Å²) in [6, 6.07) is 1.09. The Morgan fingerprint density at radius 3 is 2.38 bits per heavy atom. The number of Topliss-reactive ketones (excluding diaryl/α,β-unsaturated/α-hetero) is 3. The summed E-state index contributed by atoms with van der Waals surface area (Å²) < 4.78 is 4.88. The zero-order chi connectivity index (χ0) is 15.9. The lowest BCUT2D eigenvalue weighted by molar-refractivity contribution is -0.117. The predicted molar refractivity (Wildman–Crippen MR) is 72.9 cm³/mol. The molecule has 1 aliphatic carbocycles. The van der Waals surface area contributed by atoms with Gasteiger partial charge in [0.25, 0.3) is 0 Å². The Labute approximate surface area is 121 Å². The van der Waals surface area contributed by atoms with Crippen LogP contribution in [0.4, 0.5) is 0 Å². The second-order valence-electron chi connectivity index (χ2n) is 5.23. The molecule has 0 saturated carbocycles. The van der Waals surface area contributed by atoms with E-state index in [4.69, 9.17) is 4.74 Å². The van der Waals surface area contributed by atoms with Crippen LogP contribution in [0.25, 0.3) is 0 Å². The van der Waals surface area contributed by atoms with Crippen LogP contribution in [-0.4, -0.2) is 34.7 Å². The van der Waals surface area contributed by atoms with Crippen molar-refractivity contribution in [1.82, 2.24) is 0 Å². The lowest BCUT2D eigenvalue weighted by atomic mass is 9.72. The second-order valence-corrected chi connectivity index (χ2v) is 5.23. The van der Waals surface area contributed by atoms with E-state index in [0.29, 0.717) is 0 Å². The monoisotopic (exact) mass is 292 g/mol. The molecular formula is C15H16O6. The molecule has 0 aliphatic heterocycles. The molecule has 0 heterocycles. The summed E-state index contributed by atoms with van der Waals surface area (Å²) in [6.07, 6.45) is -0.0808. The van der Waals surface area contributed by atoms with Crippen molar-refractivity contribution in [3.05, 3.63) is 17.2 Å². The third kappa shape index (κ3) is 2.26. The first kappa shape index (κ1) is 15.0. The van der Waals surface area contributed by atoms with Crippen LogP contribution in [0.2, 0.25) is 0 Å². The molecule has 21 heavy (non-hydrogen) atoms. The number of hydrogen-bond acceptors (Lipinski definition) is 6. The van der Waals surface area contributed by atoms with Crippen molar-refractivity contribution in [3.63, 3.8) is 0 Å². The van der Waals surface area contributed by atoms with Gasteiger partial charge in [-0.25, -0.2) is 0 Å². The number of ketones is 3. The molecular weight excluding hydrogens is 276 g/mol. The van der Waals surface area contributed by atoms with Crippen LogP contribution >= 0.6 is 0 Å². The summed E-state index contributed by atoms with van der Waals surface area (Å²) in [5.41, 5.74) is -0.466. The number of methoxy groups -OCH3 is 1. The minimum absolute atomic E-state index is 0.0808. The molecule has 2 rings (SSSR count). The first-order chi connectivity index (χ1) is 9.79. The van der Waals surface area contributed by atoms with Gasteiger partial charge in [-0.15, -0.1) is 0 Å². The zero-order valence-electron chi connectivity index (χ0n) is 12.0. The Hall–Kier alpha value is -2.37. The fourth-order valence-electron chi connectivity index (χ4n) is 2.68. The minimum Gasteiger partial charge on any atom is -0.507 e. The molecule has 2 N–H and O–H groups in total. The molecule has 2 atom stereocenters. The van der Waals surface area contributed by atoms with Crippen molar-refractivity contribution < 1.29 is 29.3 Å². The van der Waals surface area contributed by atoms with E-state index in [9.17, 15) is 24.6 Å². The number of benzene rings is 1. The van der Waals surface area contributed by atoms with Gasteiger partial charge in [0, 0.05) is 24.3 Å². The number of rotatable bonds is 3. The molecule has 0 amide bonds. The molecule has 6 heteroatoms. The van der Waals surface area contributed by atoms with Crippen molar-refractivity contribution in [2.24, 2.45) is 11.8 Å². The SMILES string of the molecule is COc1cc(O)c2c(c1O)C(=O)[C@@H](CC(C)=O)[C@H](C)C2=O. The van der Waals surface area contributed by atoms with Crippen LogP contribution in [0.5, 0.6) is 17.2 Å². The smallest absolute Gasteiger partial charge is 0.171 e. The summed E-state index contributed by atoms with van der Waals surface area (Å²) in [5.74, 6) is -3.76. The van der Waals surface area contributed by atoms with Gasteiger partial charge in [-0.2, -0.15) is 0 Å². The van der Waals surface area contributed by atoms with Crippen molar-refractivity contribution in [2.45, 2.75) is 20.3 Å². The van der Waals surface area contributed by atoms with E-state index in [0.717, 1.165) is 6.07 Å². The Kier molecular flexibility index (Phi) is 3.72. The highest BCUT2D eigenvalue weighted by molar-refractivity contribution is 6.19. The molecule has 1 aromatic rings. The average molecular weight is 292 g/mol. The van der Waals surface area contributed by atoms with Crippen LogP contribution in [0.15, 0.2) is 6.07 Å². The van der Waals surface area contributed by atoms with Crippen molar-refractivity contribution >= 4 is 17.3 Å². The number of fused-ring (bicyclic) bond motifs is 1. The van der Waals surface area contributed by atoms with Crippen LogP contribution < -0.4 is 4.74 Å². The zero-order valence-corrected chi connectivity index (χ0v) is 12.0. The summed E-state index contributed by atoms with van der Waals surface area (Å²) in [7, 11) is 1.27. The molecule has 0 unspecified atom stereocenters. The molecule has 1 aromatic carbocycles. The highest BCUT2D eigenvalue weighted by atomic mass is 16.5. The quantitative estimate of drug-likeness (QED) is 0.822. The van der Waals surface area contributed by atoms with E-state index in [1.807, 2.05) is 0 Å². The van der Waals surface area contributed by atoms with Crippen molar-refractivity contribution in [1.29, 1.82) is 0 Å². The van der Waals surface area contributed by atoms with Gasteiger partial charge >= 0.3 is 0 Å². The second kappa shape index (κ2) is 5.20. The van der Waals surface area contributed by atoms with Gasteiger partial charge in [0.1, 0.15) is 11.5 Å². The molecule has 0 aromatic heterocycles. The van der Waals surface area contributed by atoms with Crippen molar-refractivity contribution in [2.75, 3.05) is 7.11 Å². The summed E-state index contributed by atoms with van der Waals surface area (Å²) in [4.78, 5) is 36.2. The van der Waals surface area contributed by atoms with Crippen LogP contribution in [0.1, 0.15) is 41.0 Å². The van der Waals surface area contributed by atoms with Crippen LogP contribution in [0, 0.1) is 11.8 Å². The highest BCUT2D eigenvalue weighted by Crippen LogP contribution is 2.45. The van der Waals surface area contributed by atoms with E-state index < -0.39 is 34.9 Å². The number of carbonyl (C=O) groups is 3. The molecule has 0 spiro atoms. The molecule has 0 saturated heterocycles. The lowest BCUT2D eigenvalue weighted by Crippen LogP contribution is -2.36. The van der Waals surface area contributed by atoms with Crippen molar-refractivity contribution in [3.8, 4) is 17.2 Å². The Bertz CT molecular complexity index is 646. The van der Waals surface area contributed by atoms with Gasteiger partial charge in [-0.3, -0.25) is 9.59 Å². The minimum atomic E-state index is -0.833. The van der Waals surface area contributed by atoms with E-state index in [1.54, 1.807) is 0 Å². The maximum Gasteiger partial charge on any atom is 0.171 e. The normalized spacial score (nSPS) is 21.1. The van der Waals surface area contributed by atoms with Gasteiger partial charge in [0.15, 0.2) is 23.1 Å². The van der Waals surface area contributed by atoms with Crippen LogP contribution in [-0.2, 0) is 4.79 Å². The molecule has 0 bridgehead atoms. The van der Waals surface area contributed by atoms with Gasteiger partial charge in [0.2, 0.25) is 0 Å². The summed E-state index contributed by atoms with van der Waals surface area (Å²) >= 11 is 0. The summed E-state index contributed by atoms with van der Waals surface area (Å²) in [6.45, 7) is 2.88. The third-order valence-corrected chi connectivity index (χ3v) is 3.82. The number of aromatic hydroxyl groups is 2. The van der Waals surface area contributed by atoms with Crippen LogP contribution in [0.3, 0.4) is 0 Å². The predicted octanol–water partition coefficient (Wildman–Crippen LogP) is 1.72. The first-order valence-corrected chi connectivity index (χ1v) is 6.50. The fraction of sp³-hybridized carbons (Fsp3) is 0.400. The topological polar surface area (TPSA) is 101 Å². The van der Waals surface area contributed by atoms with E-state index in [-0.39, 0.29) is 29.1 Å². The Morgan fingerprint density at radius 2 is 1.86 bits per heavy atom. The maximum absolute atomic E-state index is 12.5. The Balaban J connectivity index is 2.68. The standard InChI is InChI=1S/C15H16O6/c1-6(16)4-8-7(2)13(18)11-9(17)5-10(21-3)15(20)12(11)14(8)19/h5,7-8,17,20H,4H2,1-3H3/t7-,8-/m0/s1. The van der Waals surface area contributed by atoms with E-state index >= 15 is 0 Å². The first-order valence-electron chi connectivity index (χ1n) is 6.50. The number of carbonyl (C=O) groups excluding carboxylic acids is 3. The lowest BCUT2D eigenvalue weighted by Gasteiger charge is -2.29. The Morgan fingerprint density at radius 1 is 1.24 bits per heavy atom. The van der Waals surface area contributed by atoms with Gasteiger partial charge in [0.05, 0.1) is 18.2 Å². The highest BCUT2D eigenvalue weighted by Gasteiger charge is 2.43. The van der Waals surface area contributed by atoms with E-state index in [2.05, 4.69) is 0 Å².